The molecule has 0 aliphatic heterocycles. The van der Waals surface area contributed by atoms with E-state index < -0.39 is 11.9 Å². The van der Waals surface area contributed by atoms with Crippen molar-refractivity contribution in [3.63, 3.8) is 0 Å². The van der Waals surface area contributed by atoms with Gasteiger partial charge in [-0.2, -0.15) is 0 Å². The van der Waals surface area contributed by atoms with Crippen molar-refractivity contribution in [3.8, 4) is 0 Å². The first-order chi connectivity index (χ1) is 8.79. The van der Waals surface area contributed by atoms with E-state index in [1.807, 2.05) is 51.1 Å². The lowest BCUT2D eigenvalue weighted by atomic mass is 9.84. The van der Waals surface area contributed by atoms with Gasteiger partial charge >= 0.3 is 5.97 Å². The minimum Gasteiger partial charge on any atom is -0.481 e. The van der Waals surface area contributed by atoms with Gasteiger partial charge in [-0.3, -0.25) is 9.59 Å². The van der Waals surface area contributed by atoms with Gasteiger partial charge in [-0.05, 0) is 23.8 Å². The first-order valence-electron chi connectivity index (χ1n) is 6.59. The molecule has 19 heavy (non-hydrogen) atoms. The van der Waals surface area contributed by atoms with Crippen LogP contribution in [0.2, 0.25) is 0 Å². The Morgan fingerprint density at radius 3 is 2.21 bits per heavy atom. The molecule has 1 N–H and O–H groups in total. The first-order valence-corrected chi connectivity index (χ1v) is 6.59. The lowest BCUT2D eigenvalue weighted by molar-refractivity contribution is -0.147. The summed E-state index contributed by atoms with van der Waals surface area (Å²) in [5, 5.41) is 9.20. The lowest BCUT2D eigenvalue weighted by Gasteiger charge is -2.20. The zero-order chi connectivity index (χ0) is 14.5. The molecule has 1 rings (SSSR count). The molecule has 0 saturated heterocycles. The number of carbonyl (C=O) groups excluding carboxylic acids is 1. The number of hydrogen-bond acceptors (Lipinski definition) is 2. The van der Waals surface area contributed by atoms with E-state index in [-0.39, 0.29) is 11.2 Å². The largest absolute Gasteiger partial charge is 0.481 e. The van der Waals surface area contributed by atoms with Crippen LogP contribution in [0.25, 0.3) is 0 Å². The van der Waals surface area contributed by atoms with Crippen LogP contribution in [0.5, 0.6) is 0 Å². The van der Waals surface area contributed by atoms with Crippen molar-refractivity contribution in [2.75, 3.05) is 0 Å². The summed E-state index contributed by atoms with van der Waals surface area (Å²) in [6, 6.07) is 9.66. The topological polar surface area (TPSA) is 54.4 Å². The Balaban J connectivity index is 2.64. The molecule has 104 valence electrons. The summed E-state index contributed by atoms with van der Waals surface area (Å²) >= 11 is 0. The number of hydrogen-bond donors (Lipinski definition) is 1. The molecule has 1 atom stereocenters. The van der Waals surface area contributed by atoms with Crippen LogP contribution in [0.3, 0.4) is 0 Å². The van der Waals surface area contributed by atoms with E-state index in [0.29, 0.717) is 19.3 Å². The third-order valence-corrected chi connectivity index (χ3v) is 2.96. The molecule has 0 saturated carbocycles. The fraction of sp³-hybridized carbons (Fsp3) is 0.500. The molecule has 0 aliphatic rings. The quantitative estimate of drug-likeness (QED) is 0.800. The molecule has 0 spiro atoms. The molecule has 0 aliphatic carbocycles. The van der Waals surface area contributed by atoms with E-state index >= 15 is 0 Å². The van der Waals surface area contributed by atoms with Crippen molar-refractivity contribution in [2.24, 2.45) is 11.3 Å². The molecule has 1 aromatic rings. The molecule has 0 radical (unpaired) electrons. The molecular formula is C16H22O3. The Hall–Kier alpha value is -1.64. The van der Waals surface area contributed by atoms with E-state index in [2.05, 4.69) is 0 Å². The average Bonchev–Trinajstić information content (AvgIpc) is 2.27. The second-order valence-electron chi connectivity index (χ2n) is 6.12. The van der Waals surface area contributed by atoms with Crippen LogP contribution in [0, 0.1) is 11.3 Å². The number of aryl methyl sites for hydroxylation is 1. The van der Waals surface area contributed by atoms with Crippen LogP contribution in [0.1, 0.15) is 39.2 Å². The number of Topliss-reactive ketones (excluding diaryl/α,β-unsaturated/α-hetero) is 1. The van der Waals surface area contributed by atoms with Crippen molar-refractivity contribution in [2.45, 2.75) is 40.0 Å². The number of benzene rings is 1. The monoisotopic (exact) mass is 262 g/mol. The standard InChI is InChI=1S/C16H22O3/c1-16(2,3)11-14(17)13(15(18)19)10-9-12-7-5-4-6-8-12/h4-8,13H,9-11H2,1-3H3,(H,18,19). The van der Waals surface area contributed by atoms with Crippen molar-refractivity contribution in [1.29, 1.82) is 0 Å². The predicted molar refractivity (Wildman–Crippen MR) is 75.0 cm³/mol. The van der Waals surface area contributed by atoms with Gasteiger partial charge in [0.1, 0.15) is 11.7 Å². The molecular weight excluding hydrogens is 240 g/mol. The second-order valence-corrected chi connectivity index (χ2v) is 6.12. The second kappa shape index (κ2) is 6.50. The van der Waals surface area contributed by atoms with Gasteiger partial charge in [0.05, 0.1) is 0 Å². The predicted octanol–water partition coefficient (Wildman–Crippen LogP) is 3.33. The van der Waals surface area contributed by atoms with E-state index in [1.54, 1.807) is 0 Å². The maximum Gasteiger partial charge on any atom is 0.314 e. The Labute approximate surface area is 114 Å². The molecule has 0 heterocycles. The Bertz CT molecular complexity index is 429. The summed E-state index contributed by atoms with van der Waals surface area (Å²) in [7, 11) is 0. The van der Waals surface area contributed by atoms with E-state index in [0.717, 1.165) is 5.56 Å². The minimum absolute atomic E-state index is 0.169. The average molecular weight is 262 g/mol. The summed E-state index contributed by atoms with van der Waals surface area (Å²) in [5.74, 6) is -2.07. The Kier molecular flexibility index (Phi) is 5.28. The van der Waals surface area contributed by atoms with Crippen molar-refractivity contribution >= 4 is 11.8 Å². The fourth-order valence-electron chi connectivity index (χ4n) is 2.02. The van der Waals surface area contributed by atoms with Crippen molar-refractivity contribution < 1.29 is 14.7 Å². The fourth-order valence-corrected chi connectivity index (χ4v) is 2.02. The zero-order valence-corrected chi connectivity index (χ0v) is 11.8. The van der Waals surface area contributed by atoms with E-state index in [1.165, 1.54) is 0 Å². The molecule has 0 fully saturated rings. The highest BCUT2D eigenvalue weighted by molar-refractivity contribution is 5.98. The maximum atomic E-state index is 12.0. The maximum absolute atomic E-state index is 12.0. The summed E-state index contributed by atoms with van der Waals surface area (Å²) in [4.78, 5) is 23.3. The van der Waals surface area contributed by atoms with Crippen molar-refractivity contribution in [1.82, 2.24) is 0 Å². The molecule has 0 bridgehead atoms. The molecule has 1 aromatic carbocycles. The van der Waals surface area contributed by atoms with Crippen LogP contribution in [0.15, 0.2) is 30.3 Å². The highest BCUT2D eigenvalue weighted by Crippen LogP contribution is 2.23. The highest BCUT2D eigenvalue weighted by Gasteiger charge is 2.28. The van der Waals surface area contributed by atoms with Gasteiger partial charge in [0.15, 0.2) is 0 Å². The third-order valence-electron chi connectivity index (χ3n) is 2.96. The van der Waals surface area contributed by atoms with Gasteiger partial charge in [-0.1, -0.05) is 51.1 Å². The SMILES string of the molecule is CC(C)(C)CC(=O)C(CCc1ccccc1)C(=O)O. The normalized spacial score (nSPS) is 13.0. The number of aliphatic carboxylic acids is 1. The first kappa shape index (κ1) is 15.4. The summed E-state index contributed by atoms with van der Waals surface area (Å²) in [6.07, 6.45) is 1.29. The zero-order valence-electron chi connectivity index (χ0n) is 11.8. The van der Waals surface area contributed by atoms with Crippen LogP contribution in [0.4, 0.5) is 0 Å². The van der Waals surface area contributed by atoms with Gasteiger partial charge in [-0.15, -0.1) is 0 Å². The van der Waals surface area contributed by atoms with Gasteiger partial charge < -0.3 is 5.11 Å². The Morgan fingerprint density at radius 2 is 1.74 bits per heavy atom. The van der Waals surface area contributed by atoms with Gasteiger partial charge in [-0.25, -0.2) is 0 Å². The summed E-state index contributed by atoms with van der Waals surface area (Å²) < 4.78 is 0. The Morgan fingerprint density at radius 1 is 1.16 bits per heavy atom. The lowest BCUT2D eigenvalue weighted by Crippen LogP contribution is -2.27. The molecule has 3 heteroatoms. The molecule has 1 unspecified atom stereocenters. The summed E-state index contributed by atoms with van der Waals surface area (Å²) in [5.41, 5.74) is 0.898. The number of ketones is 1. The van der Waals surface area contributed by atoms with Gasteiger partial charge in [0, 0.05) is 6.42 Å². The molecule has 0 aromatic heterocycles. The van der Waals surface area contributed by atoms with Crippen LogP contribution in [-0.4, -0.2) is 16.9 Å². The number of carboxylic acids is 1. The highest BCUT2D eigenvalue weighted by atomic mass is 16.4. The van der Waals surface area contributed by atoms with Crippen molar-refractivity contribution in [3.05, 3.63) is 35.9 Å². The van der Waals surface area contributed by atoms with E-state index in [9.17, 15) is 14.7 Å². The third kappa shape index (κ3) is 5.69. The number of rotatable bonds is 6. The minimum atomic E-state index is -1.01. The summed E-state index contributed by atoms with van der Waals surface area (Å²) in [6.45, 7) is 5.84. The number of carbonyl (C=O) groups is 2. The smallest absolute Gasteiger partial charge is 0.314 e. The van der Waals surface area contributed by atoms with Gasteiger partial charge in [0.2, 0.25) is 0 Å². The van der Waals surface area contributed by atoms with Crippen LogP contribution >= 0.6 is 0 Å². The molecule has 0 amide bonds. The van der Waals surface area contributed by atoms with Gasteiger partial charge in [0.25, 0.3) is 0 Å². The number of carboxylic acid groups (broad SMARTS) is 1. The van der Waals surface area contributed by atoms with Crippen LogP contribution in [-0.2, 0) is 16.0 Å². The van der Waals surface area contributed by atoms with E-state index in [4.69, 9.17) is 0 Å². The van der Waals surface area contributed by atoms with Crippen LogP contribution < -0.4 is 0 Å². The molecule has 3 nitrogen and oxygen atoms in total.